The molecular weight excluding hydrogens is 204 g/mol. The third-order valence-electron chi connectivity index (χ3n) is 2.53. The summed E-state index contributed by atoms with van der Waals surface area (Å²) in [7, 11) is 0. The number of nitrogen functional groups attached to an aromatic ring is 1. The van der Waals surface area contributed by atoms with Crippen LogP contribution >= 0.6 is 0 Å². The Balaban J connectivity index is 2.78. The van der Waals surface area contributed by atoms with E-state index >= 15 is 0 Å². The highest BCUT2D eigenvalue weighted by atomic mass is 16.1. The van der Waals surface area contributed by atoms with Crippen LogP contribution in [-0.4, -0.2) is 14.5 Å². The molecule has 0 amide bonds. The van der Waals surface area contributed by atoms with Crippen molar-refractivity contribution in [3.05, 3.63) is 28.2 Å². The van der Waals surface area contributed by atoms with Crippen LogP contribution in [0.5, 0.6) is 0 Å². The Bertz CT molecular complexity index is 547. The van der Waals surface area contributed by atoms with Gasteiger partial charge in [-0.05, 0) is 25.5 Å². The summed E-state index contributed by atoms with van der Waals surface area (Å²) in [5, 5.41) is 0. The van der Waals surface area contributed by atoms with Crippen molar-refractivity contribution in [3.8, 4) is 11.4 Å². The third kappa shape index (κ3) is 1.64. The molecule has 0 radical (unpaired) electrons. The highest BCUT2D eigenvalue weighted by Gasteiger charge is 2.14. The van der Waals surface area contributed by atoms with Gasteiger partial charge in [-0.3, -0.25) is 4.79 Å². The summed E-state index contributed by atoms with van der Waals surface area (Å²) in [6.07, 6.45) is 0.975. The number of fused-ring (bicyclic) bond motifs is 1. The van der Waals surface area contributed by atoms with Crippen molar-refractivity contribution in [2.24, 2.45) is 0 Å². The van der Waals surface area contributed by atoms with Crippen molar-refractivity contribution in [1.29, 1.82) is 0 Å². The maximum absolute atomic E-state index is 11.6. The molecule has 0 bridgehead atoms. The van der Waals surface area contributed by atoms with Crippen LogP contribution in [0.15, 0.2) is 16.9 Å². The third-order valence-corrected chi connectivity index (χ3v) is 2.53. The van der Waals surface area contributed by atoms with Crippen LogP contribution in [0.1, 0.15) is 19.0 Å². The van der Waals surface area contributed by atoms with E-state index < -0.39 is 0 Å². The van der Waals surface area contributed by atoms with Gasteiger partial charge in [0.1, 0.15) is 5.82 Å². The fraction of sp³-hybridized carbons (Fsp3) is 0.364. The van der Waals surface area contributed by atoms with Gasteiger partial charge >= 0.3 is 0 Å². The van der Waals surface area contributed by atoms with Crippen LogP contribution in [0.25, 0.3) is 11.4 Å². The fourth-order valence-electron chi connectivity index (χ4n) is 1.77. The van der Waals surface area contributed by atoms with Crippen molar-refractivity contribution >= 4 is 5.95 Å². The molecule has 16 heavy (non-hydrogen) atoms. The molecule has 2 heterocycles. The van der Waals surface area contributed by atoms with E-state index in [1.165, 1.54) is 0 Å². The molecule has 0 aromatic heterocycles. The SMILES string of the molecule is CCCn1c(C)ccc2c(=O)nc(N)nc1-2. The molecule has 0 aromatic rings. The van der Waals surface area contributed by atoms with Gasteiger partial charge in [0.2, 0.25) is 5.95 Å². The van der Waals surface area contributed by atoms with Gasteiger partial charge in [-0.25, -0.2) is 0 Å². The molecule has 2 N–H and O–H groups in total. The smallest absolute Gasteiger partial charge is 0.284 e. The normalized spacial score (nSPS) is 10.9. The highest BCUT2D eigenvalue weighted by molar-refractivity contribution is 5.57. The monoisotopic (exact) mass is 218 g/mol. The van der Waals surface area contributed by atoms with E-state index in [0.717, 1.165) is 18.7 Å². The molecule has 2 aliphatic rings. The summed E-state index contributed by atoms with van der Waals surface area (Å²) in [5.74, 6) is 0.660. The average Bonchev–Trinajstić information content (AvgIpc) is 2.22. The predicted molar refractivity (Wildman–Crippen MR) is 62.4 cm³/mol. The maximum atomic E-state index is 11.6. The van der Waals surface area contributed by atoms with Crippen molar-refractivity contribution in [2.75, 3.05) is 5.73 Å². The summed E-state index contributed by atoms with van der Waals surface area (Å²) < 4.78 is 1.99. The van der Waals surface area contributed by atoms with E-state index in [2.05, 4.69) is 16.9 Å². The van der Waals surface area contributed by atoms with Crippen LogP contribution in [0.2, 0.25) is 0 Å². The Hall–Kier alpha value is -1.91. The van der Waals surface area contributed by atoms with Crippen LogP contribution in [0, 0.1) is 6.92 Å². The molecule has 0 atom stereocenters. The molecular formula is C11H14N4O. The molecule has 0 saturated carbocycles. The molecule has 0 saturated heterocycles. The topological polar surface area (TPSA) is 73.8 Å². The molecule has 5 heteroatoms. The number of nitrogens with two attached hydrogens (primary N) is 1. The maximum Gasteiger partial charge on any atom is 0.284 e. The quantitative estimate of drug-likeness (QED) is 0.817. The fourth-order valence-corrected chi connectivity index (χ4v) is 1.77. The van der Waals surface area contributed by atoms with Gasteiger partial charge in [0.25, 0.3) is 5.56 Å². The van der Waals surface area contributed by atoms with Gasteiger partial charge in [-0.2, -0.15) is 9.97 Å². The van der Waals surface area contributed by atoms with Crippen molar-refractivity contribution in [3.63, 3.8) is 0 Å². The standard InChI is InChI=1S/C11H14N4O/c1-3-6-15-7(2)4-5-8-9(15)13-11(12)14-10(8)16/h4-5H,3,6H2,1-2H3,(H2,12,14,16). The van der Waals surface area contributed by atoms with Crippen LogP contribution in [0.4, 0.5) is 5.95 Å². The van der Waals surface area contributed by atoms with E-state index in [-0.39, 0.29) is 11.5 Å². The first-order valence-corrected chi connectivity index (χ1v) is 5.27. The summed E-state index contributed by atoms with van der Waals surface area (Å²) in [6, 6.07) is 3.65. The lowest BCUT2D eigenvalue weighted by atomic mass is 10.2. The summed E-state index contributed by atoms with van der Waals surface area (Å²) in [5.41, 5.74) is 6.78. The summed E-state index contributed by atoms with van der Waals surface area (Å²) in [4.78, 5) is 19.4. The molecule has 0 unspecified atom stereocenters. The van der Waals surface area contributed by atoms with Crippen LogP contribution in [0.3, 0.4) is 0 Å². The van der Waals surface area contributed by atoms with E-state index in [1.807, 2.05) is 17.6 Å². The Morgan fingerprint density at radius 3 is 2.81 bits per heavy atom. The second-order valence-corrected chi connectivity index (χ2v) is 3.75. The Morgan fingerprint density at radius 1 is 1.38 bits per heavy atom. The number of nitrogens with zero attached hydrogens (tertiary/aromatic N) is 3. The Kier molecular flexibility index (Phi) is 2.60. The first-order chi connectivity index (χ1) is 7.63. The lowest BCUT2D eigenvalue weighted by Crippen LogP contribution is -2.20. The molecule has 2 aliphatic heterocycles. The molecule has 2 rings (SSSR count). The summed E-state index contributed by atoms with van der Waals surface area (Å²) >= 11 is 0. The lowest BCUT2D eigenvalue weighted by molar-refractivity contribution is 0.650. The number of aryl methyl sites for hydroxylation is 1. The van der Waals surface area contributed by atoms with Gasteiger partial charge in [-0.15, -0.1) is 0 Å². The van der Waals surface area contributed by atoms with Gasteiger partial charge in [0.05, 0.1) is 5.56 Å². The van der Waals surface area contributed by atoms with Gasteiger partial charge in [0.15, 0.2) is 0 Å². The van der Waals surface area contributed by atoms with Gasteiger partial charge < -0.3 is 10.3 Å². The number of pyridine rings is 1. The van der Waals surface area contributed by atoms with Gasteiger partial charge in [0, 0.05) is 12.2 Å². The molecule has 84 valence electrons. The van der Waals surface area contributed by atoms with Crippen molar-refractivity contribution in [2.45, 2.75) is 26.8 Å². The van der Waals surface area contributed by atoms with Crippen molar-refractivity contribution in [1.82, 2.24) is 14.5 Å². The summed E-state index contributed by atoms with van der Waals surface area (Å²) in [6.45, 7) is 4.88. The molecule has 0 spiro atoms. The number of hydrogen-bond acceptors (Lipinski definition) is 4. The number of hydrogen-bond donors (Lipinski definition) is 1. The van der Waals surface area contributed by atoms with E-state index in [9.17, 15) is 4.79 Å². The second kappa shape index (κ2) is 3.92. The number of anilines is 1. The minimum atomic E-state index is -0.313. The number of rotatable bonds is 2. The average molecular weight is 218 g/mol. The minimum Gasteiger partial charge on any atom is -0.368 e. The first kappa shape index (κ1) is 10.6. The Morgan fingerprint density at radius 2 is 2.12 bits per heavy atom. The first-order valence-electron chi connectivity index (χ1n) is 5.27. The molecule has 5 nitrogen and oxygen atoms in total. The zero-order valence-corrected chi connectivity index (χ0v) is 9.40. The lowest BCUT2D eigenvalue weighted by Gasteiger charge is -2.16. The number of aromatic nitrogens is 3. The minimum absolute atomic E-state index is 0.0351. The van der Waals surface area contributed by atoms with Gasteiger partial charge in [-0.1, -0.05) is 6.92 Å². The second-order valence-electron chi connectivity index (χ2n) is 3.75. The van der Waals surface area contributed by atoms with E-state index in [4.69, 9.17) is 5.73 Å². The Labute approximate surface area is 93.3 Å². The molecule has 0 aromatic carbocycles. The van der Waals surface area contributed by atoms with E-state index in [0.29, 0.717) is 11.4 Å². The van der Waals surface area contributed by atoms with Crippen LogP contribution in [-0.2, 0) is 6.54 Å². The molecule has 0 fully saturated rings. The zero-order chi connectivity index (χ0) is 11.7. The molecule has 0 aliphatic carbocycles. The van der Waals surface area contributed by atoms with Crippen LogP contribution < -0.4 is 11.3 Å². The largest absolute Gasteiger partial charge is 0.368 e. The van der Waals surface area contributed by atoms with E-state index in [1.54, 1.807) is 6.07 Å². The highest BCUT2D eigenvalue weighted by Crippen LogP contribution is 2.18. The predicted octanol–water partition coefficient (Wildman–Crippen LogP) is 1.04. The zero-order valence-electron chi connectivity index (χ0n) is 9.40. The van der Waals surface area contributed by atoms with Crippen molar-refractivity contribution < 1.29 is 0 Å².